The smallest absolute Gasteiger partial charge is 0.0813 e. The fourth-order valence-corrected chi connectivity index (χ4v) is 4.03. The molecule has 0 aromatic heterocycles. The van der Waals surface area contributed by atoms with Crippen LogP contribution >= 0.6 is 0 Å². The molecule has 92 valence electrons. The second kappa shape index (κ2) is 4.30. The molecule has 2 heteroatoms. The van der Waals surface area contributed by atoms with Gasteiger partial charge in [-0.15, -0.1) is 0 Å². The topological polar surface area (TPSA) is 21.3 Å². The monoisotopic (exact) mass is 223 g/mol. The molecule has 3 fully saturated rings. The van der Waals surface area contributed by atoms with Crippen molar-refractivity contribution >= 4 is 0 Å². The van der Waals surface area contributed by atoms with Crippen LogP contribution in [0, 0.1) is 5.92 Å². The molecule has 0 bridgehead atoms. The van der Waals surface area contributed by atoms with Gasteiger partial charge in [0.25, 0.3) is 0 Å². The molecule has 3 aliphatic rings. The van der Waals surface area contributed by atoms with Crippen molar-refractivity contribution in [2.24, 2.45) is 5.92 Å². The minimum Gasteiger partial charge on any atom is -0.369 e. The van der Waals surface area contributed by atoms with E-state index in [9.17, 15) is 0 Å². The van der Waals surface area contributed by atoms with Crippen LogP contribution in [0.2, 0.25) is 0 Å². The van der Waals surface area contributed by atoms with Gasteiger partial charge in [0.1, 0.15) is 0 Å². The third kappa shape index (κ3) is 2.02. The van der Waals surface area contributed by atoms with Gasteiger partial charge in [0.2, 0.25) is 0 Å². The summed E-state index contributed by atoms with van der Waals surface area (Å²) in [5.41, 5.74) is 0.205. The number of fused-ring (bicyclic) bond motifs is 1. The summed E-state index contributed by atoms with van der Waals surface area (Å²) in [5.74, 6) is 0.857. The Bertz CT molecular complexity index is 255. The van der Waals surface area contributed by atoms with Gasteiger partial charge in [0.05, 0.1) is 11.7 Å². The molecule has 1 heterocycles. The lowest BCUT2D eigenvalue weighted by atomic mass is 9.76. The Morgan fingerprint density at radius 2 is 2.00 bits per heavy atom. The quantitative estimate of drug-likeness (QED) is 0.682. The predicted molar refractivity (Wildman–Crippen MR) is 65.5 cm³/mol. The van der Waals surface area contributed by atoms with E-state index in [0.717, 1.165) is 12.5 Å². The first-order chi connectivity index (χ1) is 7.77. The zero-order chi connectivity index (χ0) is 11.0. The molecule has 0 aromatic carbocycles. The molecule has 2 saturated carbocycles. The summed E-state index contributed by atoms with van der Waals surface area (Å²) < 4.78 is 6.53. The van der Waals surface area contributed by atoms with Crippen LogP contribution in [0.4, 0.5) is 0 Å². The zero-order valence-electron chi connectivity index (χ0n) is 10.5. The molecule has 1 N–H and O–H groups in total. The summed E-state index contributed by atoms with van der Waals surface area (Å²) in [5, 5.41) is 3.78. The molecular formula is C14H25NO. The van der Waals surface area contributed by atoms with Gasteiger partial charge in [-0.3, -0.25) is 0 Å². The van der Waals surface area contributed by atoms with E-state index in [1.165, 1.54) is 51.4 Å². The summed E-state index contributed by atoms with van der Waals surface area (Å²) in [6.07, 6.45) is 11.2. The van der Waals surface area contributed by atoms with E-state index in [1.807, 2.05) is 0 Å². The number of hydrogen-bond donors (Lipinski definition) is 1. The van der Waals surface area contributed by atoms with Gasteiger partial charge >= 0.3 is 0 Å². The first kappa shape index (κ1) is 11.0. The Kier molecular flexibility index (Phi) is 2.97. The molecule has 16 heavy (non-hydrogen) atoms. The lowest BCUT2D eigenvalue weighted by molar-refractivity contribution is -0.166. The second-order valence-corrected chi connectivity index (χ2v) is 6.31. The fourth-order valence-electron chi connectivity index (χ4n) is 4.03. The van der Waals surface area contributed by atoms with Crippen molar-refractivity contribution in [1.82, 2.24) is 5.32 Å². The summed E-state index contributed by atoms with van der Waals surface area (Å²) in [6, 6.07) is 0.664. The Hall–Kier alpha value is -0.0800. The number of nitrogens with one attached hydrogen (secondary N) is 1. The predicted octanol–water partition coefficient (Wildman–Crippen LogP) is 2.87. The maximum Gasteiger partial charge on any atom is 0.0813 e. The van der Waals surface area contributed by atoms with Crippen LogP contribution in [-0.4, -0.2) is 24.3 Å². The highest BCUT2D eigenvalue weighted by molar-refractivity contribution is 4.97. The number of hydrogen-bond acceptors (Lipinski definition) is 2. The van der Waals surface area contributed by atoms with E-state index in [0.29, 0.717) is 12.1 Å². The van der Waals surface area contributed by atoms with Crippen molar-refractivity contribution < 1.29 is 4.74 Å². The van der Waals surface area contributed by atoms with E-state index in [-0.39, 0.29) is 5.60 Å². The highest BCUT2D eigenvalue weighted by Crippen LogP contribution is 2.40. The summed E-state index contributed by atoms with van der Waals surface area (Å²) in [6.45, 7) is 3.50. The van der Waals surface area contributed by atoms with Gasteiger partial charge in [-0.2, -0.15) is 0 Å². The Morgan fingerprint density at radius 1 is 1.12 bits per heavy atom. The molecule has 0 radical (unpaired) electrons. The highest BCUT2D eigenvalue weighted by atomic mass is 16.5. The number of rotatable bonds is 0. The van der Waals surface area contributed by atoms with Crippen LogP contribution in [0.5, 0.6) is 0 Å². The first-order valence-corrected chi connectivity index (χ1v) is 7.19. The van der Waals surface area contributed by atoms with Crippen LogP contribution in [0.3, 0.4) is 0 Å². The number of ether oxygens (including phenoxy) is 1. The molecule has 1 saturated heterocycles. The maximum atomic E-state index is 6.53. The van der Waals surface area contributed by atoms with Crippen LogP contribution in [0.25, 0.3) is 0 Å². The molecule has 2 aliphatic carbocycles. The minimum absolute atomic E-state index is 0.205. The molecular weight excluding hydrogens is 198 g/mol. The summed E-state index contributed by atoms with van der Waals surface area (Å²) in [7, 11) is 0. The van der Waals surface area contributed by atoms with Gasteiger partial charge in [-0.05, 0) is 31.6 Å². The van der Waals surface area contributed by atoms with Crippen LogP contribution in [-0.2, 0) is 4.74 Å². The Balaban J connectivity index is 1.68. The van der Waals surface area contributed by atoms with E-state index in [2.05, 4.69) is 12.2 Å². The third-order valence-corrected chi connectivity index (χ3v) is 4.84. The Morgan fingerprint density at radius 3 is 2.88 bits per heavy atom. The van der Waals surface area contributed by atoms with Crippen molar-refractivity contribution in [3.8, 4) is 0 Å². The largest absolute Gasteiger partial charge is 0.369 e. The standard InChI is InChI=1S/C14H25NO/c1-11-5-4-8-14(9-11)10-15-12-6-2-3-7-13(12)16-14/h11-13,15H,2-10H2,1H3. The van der Waals surface area contributed by atoms with Crippen molar-refractivity contribution in [2.45, 2.75) is 76.0 Å². The van der Waals surface area contributed by atoms with Gasteiger partial charge in [-0.1, -0.05) is 32.6 Å². The van der Waals surface area contributed by atoms with E-state index in [1.54, 1.807) is 0 Å². The second-order valence-electron chi connectivity index (χ2n) is 6.31. The van der Waals surface area contributed by atoms with Crippen LogP contribution in [0.15, 0.2) is 0 Å². The van der Waals surface area contributed by atoms with Crippen molar-refractivity contribution in [1.29, 1.82) is 0 Å². The van der Waals surface area contributed by atoms with Crippen LogP contribution < -0.4 is 5.32 Å². The maximum absolute atomic E-state index is 6.53. The third-order valence-electron chi connectivity index (χ3n) is 4.84. The minimum atomic E-state index is 0.205. The number of morpholine rings is 1. The normalized spacial score (nSPS) is 48.9. The fraction of sp³-hybridized carbons (Fsp3) is 1.00. The molecule has 4 unspecified atom stereocenters. The van der Waals surface area contributed by atoms with E-state index < -0.39 is 0 Å². The molecule has 3 rings (SSSR count). The lowest BCUT2D eigenvalue weighted by Gasteiger charge is -2.50. The molecule has 0 aromatic rings. The molecule has 4 atom stereocenters. The van der Waals surface area contributed by atoms with Crippen molar-refractivity contribution in [3.63, 3.8) is 0 Å². The Labute approximate surface area is 99.1 Å². The lowest BCUT2D eigenvalue weighted by Crippen LogP contribution is -2.61. The average molecular weight is 223 g/mol. The van der Waals surface area contributed by atoms with E-state index >= 15 is 0 Å². The van der Waals surface area contributed by atoms with Gasteiger partial charge in [-0.25, -0.2) is 0 Å². The van der Waals surface area contributed by atoms with Crippen LogP contribution in [0.1, 0.15) is 58.3 Å². The molecule has 1 aliphatic heterocycles. The highest BCUT2D eigenvalue weighted by Gasteiger charge is 2.44. The zero-order valence-corrected chi connectivity index (χ0v) is 10.5. The average Bonchev–Trinajstić information content (AvgIpc) is 2.28. The van der Waals surface area contributed by atoms with Crippen molar-refractivity contribution in [2.75, 3.05) is 6.54 Å². The summed E-state index contributed by atoms with van der Waals surface area (Å²) >= 11 is 0. The van der Waals surface area contributed by atoms with Gasteiger partial charge in [0, 0.05) is 12.6 Å². The summed E-state index contributed by atoms with van der Waals surface area (Å²) in [4.78, 5) is 0. The van der Waals surface area contributed by atoms with Crippen molar-refractivity contribution in [3.05, 3.63) is 0 Å². The SMILES string of the molecule is CC1CCCC2(CNC3CCCCC3O2)C1. The molecule has 1 spiro atoms. The molecule has 0 amide bonds. The van der Waals surface area contributed by atoms with Gasteiger partial charge < -0.3 is 10.1 Å². The molecule has 2 nitrogen and oxygen atoms in total. The van der Waals surface area contributed by atoms with E-state index in [4.69, 9.17) is 4.74 Å². The first-order valence-electron chi connectivity index (χ1n) is 7.19. The van der Waals surface area contributed by atoms with Gasteiger partial charge in [0.15, 0.2) is 0 Å².